The van der Waals surface area contributed by atoms with Gasteiger partial charge in [-0.1, -0.05) is 50.2 Å². The number of fused-ring (bicyclic) bond motifs is 1. The predicted octanol–water partition coefficient (Wildman–Crippen LogP) is 1.37. The summed E-state index contributed by atoms with van der Waals surface area (Å²) < 4.78 is 37.6. The summed E-state index contributed by atoms with van der Waals surface area (Å²) in [4.78, 5) is 38.6. The molecule has 0 saturated carbocycles. The molecule has 1 fully saturated rings. The van der Waals surface area contributed by atoms with E-state index in [1.54, 1.807) is 31.2 Å². The molecule has 15 heteroatoms. The van der Waals surface area contributed by atoms with Gasteiger partial charge in [0.1, 0.15) is 30.6 Å². The fourth-order valence-electron chi connectivity index (χ4n) is 4.57. The average Bonchev–Trinajstić information content (AvgIpc) is 3.16. The number of esters is 1. The van der Waals surface area contributed by atoms with Crippen molar-refractivity contribution in [1.82, 2.24) is 14.6 Å². The SMILES string of the molecule is CCOC(=O)[C@H](CC(C)C)NP(=O)(OC[C@@]1(N)O[C@@H](n2ccc(=O)[nH]c2=O)[C@H](O)[C@@H]1O)Oc1cccc2ccccc12. The molecular formula is C27H35N4O10P. The minimum atomic E-state index is -4.50. The van der Waals surface area contributed by atoms with Crippen molar-refractivity contribution in [3.63, 3.8) is 0 Å². The van der Waals surface area contributed by atoms with Crippen LogP contribution in [0.4, 0.5) is 0 Å². The topological polar surface area (TPSA) is 204 Å². The van der Waals surface area contributed by atoms with Gasteiger partial charge in [-0.25, -0.2) is 9.36 Å². The van der Waals surface area contributed by atoms with Gasteiger partial charge in [-0.05, 0) is 30.7 Å². The lowest BCUT2D eigenvalue weighted by Gasteiger charge is -2.31. The summed E-state index contributed by atoms with van der Waals surface area (Å²) in [6, 6.07) is 12.2. The van der Waals surface area contributed by atoms with Crippen molar-refractivity contribution in [2.75, 3.05) is 13.2 Å². The second-order valence-electron chi connectivity index (χ2n) is 10.3. The van der Waals surface area contributed by atoms with E-state index in [9.17, 15) is 29.2 Å². The summed E-state index contributed by atoms with van der Waals surface area (Å²) in [5.41, 5.74) is 2.48. The van der Waals surface area contributed by atoms with Crippen molar-refractivity contribution in [1.29, 1.82) is 0 Å². The van der Waals surface area contributed by atoms with E-state index < -0.39 is 61.8 Å². The number of nitrogens with zero attached hydrogens (tertiary/aromatic N) is 1. The van der Waals surface area contributed by atoms with Crippen molar-refractivity contribution < 1.29 is 38.1 Å². The molecular weight excluding hydrogens is 571 g/mol. The van der Waals surface area contributed by atoms with Crippen LogP contribution in [0, 0.1) is 5.92 Å². The van der Waals surface area contributed by atoms with Crippen LogP contribution in [0.15, 0.2) is 64.3 Å². The molecule has 1 aliphatic heterocycles. The Kier molecular flexibility index (Phi) is 9.68. The molecule has 1 unspecified atom stereocenters. The van der Waals surface area contributed by atoms with E-state index in [4.69, 9.17) is 24.3 Å². The summed E-state index contributed by atoms with van der Waals surface area (Å²) in [5.74, 6) is -0.526. The van der Waals surface area contributed by atoms with Gasteiger partial charge in [0, 0.05) is 17.6 Å². The summed E-state index contributed by atoms with van der Waals surface area (Å²) >= 11 is 0. The minimum Gasteiger partial charge on any atom is -0.465 e. The number of carbonyl (C=O) groups is 1. The van der Waals surface area contributed by atoms with E-state index in [0.29, 0.717) is 5.39 Å². The Hall–Kier alpha value is -3.36. The van der Waals surface area contributed by atoms with Crippen molar-refractivity contribution in [3.8, 4) is 5.75 Å². The molecule has 2 heterocycles. The molecule has 0 radical (unpaired) electrons. The van der Waals surface area contributed by atoms with Crippen molar-refractivity contribution >= 4 is 24.5 Å². The van der Waals surface area contributed by atoms with E-state index in [1.807, 2.05) is 37.0 Å². The van der Waals surface area contributed by atoms with Crippen LogP contribution in [0.5, 0.6) is 5.75 Å². The minimum absolute atomic E-state index is 0.0229. The normalized spacial score (nSPS) is 24.4. The molecule has 42 heavy (non-hydrogen) atoms. The van der Waals surface area contributed by atoms with Crippen LogP contribution < -0.4 is 26.6 Å². The van der Waals surface area contributed by atoms with Gasteiger partial charge in [-0.2, -0.15) is 5.09 Å². The van der Waals surface area contributed by atoms with Crippen LogP contribution in [0.3, 0.4) is 0 Å². The first-order chi connectivity index (χ1) is 19.9. The third-order valence-corrected chi connectivity index (χ3v) is 8.14. The van der Waals surface area contributed by atoms with E-state index in [1.165, 1.54) is 0 Å². The Morgan fingerprint density at radius 2 is 1.90 bits per heavy atom. The first-order valence-electron chi connectivity index (χ1n) is 13.4. The number of nitrogens with two attached hydrogens (primary N) is 1. The monoisotopic (exact) mass is 606 g/mol. The van der Waals surface area contributed by atoms with Gasteiger partial charge in [0.2, 0.25) is 0 Å². The molecule has 6 atom stereocenters. The highest BCUT2D eigenvalue weighted by molar-refractivity contribution is 7.52. The number of hydrogen-bond acceptors (Lipinski definition) is 11. The Morgan fingerprint density at radius 3 is 2.60 bits per heavy atom. The molecule has 1 aliphatic rings. The standard InChI is InChI=1S/C27H35N4O10P/c1-4-38-25(35)19(14-16(2)3)30-42(37,41-20-11-7-9-17-8-5-6-10-18(17)20)39-15-27(28)23(34)22(33)24(40-27)31-13-12-21(32)29-26(31)36/h5-13,16,19,22-24,33-34H,4,14-15,28H2,1-3H3,(H,30,37)(H,29,32,36)/t19-,22+,23-,24+,27+,42?/m0/s1. The molecule has 1 saturated heterocycles. The maximum Gasteiger partial charge on any atom is 0.459 e. The predicted molar refractivity (Wildman–Crippen MR) is 152 cm³/mol. The molecule has 0 spiro atoms. The molecule has 1 aromatic heterocycles. The largest absolute Gasteiger partial charge is 0.465 e. The highest BCUT2D eigenvalue weighted by Gasteiger charge is 2.54. The lowest BCUT2D eigenvalue weighted by atomic mass is 10.1. The molecule has 4 rings (SSSR count). The number of hydrogen-bond donors (Lipinski definition) is 5. The molecule has 3 aromatic rings. The van der Waals surface area contributed by atoms with Crippen molar-refractivity contribution in [3.05, 3.63) is 75.6 Å². The number of nitrogens with one attached hydrogen (secondary N) is 2. The third kappa shape index (κ3) is 6.98. The van der Waals surface area contributed by atoms with Gasteiger partial charge in [-0.3, -0.25) is 29.4 Å². The van der Waals surface area contributed by atoms with E-state index in [0.717, 1.165) is 22.2 Å². The lowest BCUT2D eigenvalue weighted by Crippen LogP contribution is -2.54. The number of aliphatic hydroxyl groups excluding tert-OH is 2. The maximum atomic E-state index is 14.3. The lowest BCUT2D eigenvalue weighted by molar-refractivity contribution is -0.145. The number of aliphatic hydroxyl groups is 2. The Bertz CT molecular complexity index is 1570. The molecule has 0 aliphatic carbocycles. The average molecular weight is 607 g/mol. The van der Waals surface area contributed by atoms with E-state index in [-0.39, 0.29) is 24.7 Å². The Balaban J connectivity index is 1.66. The van der Waals surface area contributed by atoms with Gasteiger partial charge in [-0.15, -0.1) is 0 Å². The fraction of sp³-hybridized carbons (Fsp3) is 0.444. The highest BCUT2D eigenvalue weighted by Crippen LogP contribution is 2.48. The van der Waals surface area contributed by atoms with Crippen LogP contribution in [-0.2, 0) is 23.4 Å². The summed E-state index contributed by atoms with van der Waals surface area (Å²) in [6.45, 7) is 4.64. The smallest absolute Gasteiger partial charge is 0.459 e. The zero-order chi connectivity index (χ0) is 30.7. The summed E-state index contributed by atoms with van der Waals surface area (Å²) in [7, 11) is -4.50. The van der Waals surface area contributed by atoms with Crippen LogP contribution in [0.25, 0.3) is 10.8 Å². The van der Waals surface area contributed by atoms with Gasteiger partial charge in [0.15, 0.2) is 12.0 Å². The second kappa shape index (κ2) is 12.9. The molecule has 0 bridgehead atoms. The van der Waals surface area contributed by atoms with Crippen molar-refractivity contribution in [2.24, 2.45) is 11.7 Å². The molecule has 228 valence electrons. The molecule has 0 amide bonds. The van der Waals surface area contributed by atoms with Crippen LogP contribution >= 0.6 is 7.75 Å². The Morgan fingerprint density at radius 1 is 1.19 bits per heavy atom. The number of rotatable bonds is 12. The van der Waals surface area contributed by atoms with Crippen LogP contribution in [-0.4, -0.2) is 62.9 Å². The van der Waals surface area contributed by atoms with E-state index in [2.05, 4.69) is 5.09 Å². The number of ether oxygens (including phenoxy) is 2. The van der Waals surface area contributed by atoms with Gasteiger partial charge >= 0.3 is 19.4 Å². The number of aromatic amines is 1. The molecule has 14 nitrogen and oxygen atoms in total. The summed E-state index contributed by atoms with van der Waals surface area (Å²) in [5, 5.41) is 25.5. The second-order valence-corrected chi connectivity index (χ2v) is 12.0. The van der Waals surface area contributed by atoms with Gasteiger partial charge < -0.3 is 24.2 Å². The van der Waals surface area contributed by atoms with Crippen LogP contribution in [0.1, 0.15) is 33.4 Å². The van der Waals surface area contributed by atoms with Gasteiger partial charge in [0.05, 0.1) is 6.61 Å². The first kappa shape index (κ1) is 31.6. The molecule has 6 N–H and O–H groups in total. The molecule has 2 aromatic carbocycles. The first-order valence-corrected chi connectivity index (χ1v) is 14.9. The summed E-state index contributed by atoms with van der Waals surface area (Å²) in [6.07, 6.45) is -3.79. The number of H-pyrrole nitrogens is 1. The fourth-order valence-corrected chi connectivity index (χ4v) is 6.13. The third-order valence-electron chi connectivity index (χ3n) is 6.60. The number of benzene rings is 2. The van der Waals surface area contributed by atoms with E-state index >= 15 is 0 Å². The zero-order valence-electron chi connectivity index (χ0n) is 23.3. The quantitative estimate of drug-likeness (QED) is 0.146. The maximum absolute atomic E-state index is 14.3. The highest BCUT2D eigenvalue weighted by atomic mass is 31.2. The van der Waals surface area contributed by atoms with Crippen LogP contribution in [0.2, 0.25) is 0 Å². The zero-order valence-corrected chi connectivity index (χ0v) is 24.2. The van der Waals surface area contributed by atoms with Gasteiger partial charge in [0.25, 0.3) is 5.56 Å². The van der Waals surface area contributed by atoms with Crippen molar-refractivity contribution in [2.45, 2.75) is 57.4 Å². The Labute approximate surface area is 240 Å². The number of carbonyl (C=O) groups excluding carboxylic acids is 1. The number of aromatic nitrogens is 2.